The highest BCUT2D eigenvalue weighted by molar-refractivity contribution is 8.01. The fraction of sp³-hybridized carbons (Fsp3) is 0.533. The van der Waals surface area contributed by atoms with Gasteiger partial charge in [0.2, 0.25) is 5.91 Å². The molecular weight excluding hydrogens is 258 g/mol. The molecule has 106 valence electrons. The number of carbonyl (C=O) groups excluding carboxylic acids is 1. The number of amides is 1. The largest absolute Gasteiger partial charge is 0.396 e. The summed E-state index contributed by atoms with van der Waals surface area (Å²) in [5, 5.41) is 12.1. The van der Waals surface area contributed by atoms with E-state index in [1.165, 1.54) is 0 Å². The number of carbonyl (C=O) groups is 1. The maximum atomic E-state index is 11.9. The molecule has 0 aromatic heterocycles. The van der Waals surface area contributed by atoms with Crippen molar-refractivity contribution in [2.45, 2.75) is 38.0 Å². The van der Waals surface area contributed by atoms with Crippen LogP contribution in [0.2, 0.25) is 0 Å². The molecule has 0 aliphatic carbocycles. The van der Waals surface area contributed by atoms with Crippen molar-refractivity contribution in [3.8, 4) is 0 Å². The Bertz CT molecular complexity index is 387. The zero-order valence-corrected chi connectivity index (χ0v) is 12.7. The average molecular weight is 281 g/mol. The molecule has 1 rings (SSSR count). The minimum atomic E-state index is -0.112. The highest BCUT2D eigenvalue weighted by Gasteiger charge is 2.17. The number of thioether (sulfide) groups is 1. The molecule has 1 aromatic carbocycles. The van der Waals surface area contributed by atoms with Gasteiger partial charge in [0.1, 0.15) is 0 Å². The van der Waals surface area contributed by atoms with Crippen LogP contribution in [0.5, 0.6) is 0 Å². The van der Waals surface area contributed by atoms with E-state index in [2.05, 4.69) is 26.1 Å². The van der Waals surface area contributed by atoms with Crippen molar-refractivity contribution in [3.05, 3.63) is 35.9 Å². The first kappa shape index (κ1) is 16.1. The number of hydrogen-bond donors (Lipinski definition) is 2. The highest BCUT2D eigenvalue weighted by Crippen LogP contribution is 2.23. The van der Waals surface area contributed by atoms with E-state index in [1.807, 2.05) is 30.3 Å². The fourth-order valence-electron chi connectivity index (χ4n) is 1.65. The highest BCUT2D eigenvalue weighted by atomic mass is 32.2. The molecule has 4 heteroatoms. The van der Waals surface area contributed by atoms with Crippen LogP contribution < -0.4 is 5.32 Å². The van der Waals surface area contributed by atoms with E-state index >= 15 is 0 Å². The van der Waals surface area contributed by atoms with Crippen molar-refractivity contribution >= 4 is 17.7 Å². The average Bonchev–Trinajstić information content (AvgIpc) is 2.36. The normalized spacial score (nSPS) is 13.1. The van der Waals surface area contributed by atoms with Crippen LogP contribution in [-0.2, 0) is 4.79 Å². The number of nitrogens with one attached hydrogen (secondary N) is 1. The standard InChI is InChI=1S/C15H23NO2S/c1-15(2,3)19-11-14(18)16-13(9-10-17)12-7-5-4-6-8-12/h4-8,13,17H,9-11H2,1-3H3,(H,16,18). The SMILES string of the molecule is CC(C)(C)SCC(=O)NC(CCO)c1ccccc1. The van der Waals surface area contributed by atoms with Crippen LogP contribution in [0, 0.1) is 0 Å². The predicted molar refractivity (Wildman–Crippen MR) is 81.2 cm³/mol. The Labute approximate surface area is 119 Å². The number of hydrogen-bond acceptors (Lipinski definition) is 3. The van der Waals surface area contributed by atoms with Crippen LogP contribution in [0.25, 0.3) is 0 Å². The van der Waals surface area contributed by atoms with Gasteiger partial charge in [-0.15, -0.1) is 11.8 Å². The lowest BCUT2D eigenvalue weighted by molar-refractivity contribution is -0.119. The van der Waals surface area contributed by atoms with Gasteiger partial charge in [-0.2, -0.15) is 0 Å². The Balaban J connectivity index is 2.57. The maximum Gasteiger partial charge on any atom is 0.230 e. The minimum Gasteiger partial charge on any atom is -0.396 e. The van der Waals surface area contributed by atoms with Gasteiger partial charge in [-0.05, 0) is 12.0 Å². The van der Waals surface area contributed by atoms with E-state index in [0.29, 0.717) is 12.2 Å². The third kappa shape index (κ3) is 6.64. The molecule has 3 nitrogen and oxygen atoms in total. The molecule has 0 heterocycles. The monoisotopic (exact) mass is 281 g/mol. The zero-order chi connectivity index (χ0) is 14.3. The summed E-state index contributed by atoms with van der Waals surface area (Å²) in [5.74, 6) is 0.459. The van der Waals surface area contributed by atoms with Crippen LogP contribution in [0.15, 0.2) is 30.3 Å². The fourth-order valence-corrected chi connectivity index (χ4v) is 2.30. The van der Waals surface area contributed by atoms with Crippen LogP contribution in [0.3, 0.4) is 0 Å². The molecule has 0 fully saturated rings. The first-order chi connectivity index (χ1) is 8.92. The van der Waals surface area contributed by atoms with Gasteiger partial charge >= 0.3 is 0 Å². The molecule has 1 atom stereocenters. The van der Waals surface area contributed by atoms with Crippen LogP contribution in [0.4, 0.5) is 0 Å². The third-order valence-electron chi connectivity index (χ3n) is 2.59. The molecule has 0 spiro atoms. The topological polar surface area (TPSA) is 49.3 Å². The van der Waals surface area contributed by atoms with Crippen LogP contribution in [0.1, 0.15) is 38.8 Å². The molecule has 1 amide bonds. The summed E-state index contributed by atoms with van der Waals surface area (Å²) in [6.07, 6.45) is 0.538. The van der Waals surface area contributed by atoms with E-state index < -0.39 is 0 Å². The Morgan fingerprint density at radius 1 is 1.32 bits per heavy atom. The van der Waals surface area contributed by atoms with E-state index in [0.717, 1.165) is 5.56 Å². The zero-order valence-electron chi connectivity index (χ0n) is 11.8. The number of aliphatic hydroxyl groups excluding tert-OH is 1. The predicted octanol–water partition coefficient (Wildman–Crippen LogP) is 2.76. The van der Waals surface area contributed by atoms with Crippen LogP contribution >= 0.6 is 11.8 Å². The number of benzene rings is 1. The number of aliphatic hydroxyl groups is 1. The minimum absolute atomic E-state index is 0.0160. The summed E-state index contributed by atoms with van der Waals surface area (Å²) in [4.78, 5) is 11.9. The summed E-state index contributed by atoms with van der Waals surface area (Å²) in [7, 11) is 0. The van der Waals surface area contributed by atoms with Gasteiger partial charge in [0.05, 0.1) is 11.8 Å². The molecule has 0 saturated carbocycles. The van der Waals surface area contributed by atoms with Crippen molar-refractivity contribution in [1.82, 2.24) is 5.32 Å². The van der Waals surface area contributed by atoms with Gasteiger partial charge < -0.3 is 10.4 Å². The number of rotatable bonds is 6. The summed E-state index contributed by atoms with van der Waals surface area (Å²) in [6, 6.07) is 9.65. The quantitative estimate of drug-likeness (QED) is 0.843. The molecule has 0 aliphatic heterocycles. The molecule has 0 aliphatic rings. The lowest BCUT2D eigenvalue weighted by Crippen LogP contribution is -2.31. The second kappa shape index (κ2) is 7.56. The van der Waals surface area contributed by atoms with Crippen molar-refractivity contribution < 1.29 is 9.90 Å². The Morgan fingerprint density at radius 3 is 2.47 bits per heavy atom. The van der Waals surface area contributed by atoms with Gasteiger partial charge in [0, 0.05) is 11.4 Å². The van der Waals surface area contributed by atoms with E-state index in [4.69, 9.17) is 5.11 Å². The molecule has 1 unspecified atom stereocenters. The Kier molecular flexibility index (Phi) is 6.38. The second-order valence-corrected chi connectivity index (χ2v) is 7.25. The summed E-state index contributed by atoms with van der Waals surface area (Å²) < 4.78 is 0.0799. The van der Waals surface area contributed by atoms with E-state index in [-0.39, 0.29) is 23.3 Å². The Morgan fingerprint density at radius 2 is 1.95 bits per heavy atom. The Hall–Kier alpha value is -1.00. The molecule has 1 aromatic rings. The van der Waals surface area contributed by atoms with Crippen molar-refractivity contribution in [2.24, 2.45) is 0 Å². The first-order valence-electron chi connectivity index (χ1n) is 6.51. The third-order valence-corrected chi connectivity index (χ3v) is 3.86. The maximum absolute atomic E-state index is 11.9. The second-order valence-electron chi connectivity index (χ2n) is 5.44. The summed E-state index contributed by atoms with van der Waals surface area (Å²) in [5.41, 5.74) is 1.03. The van der Waals surface area contributed by atoms with Crippen molar-refractivity contribution in [2.75, 3.05) is 12.4 Å². The lowest BCUT2D eigenvalue weighted by Gasteiger charge is -2.21. The van der Waals surface area contributed by atoms with Gasteiger partial charge in [-0.3, -0.25) is 4.79 Å². The van der Waals surface area contributed by atoms with E-state index in [9.17, 15) is 4.79 Å². The molecule has 19 heavy (non-hydrogen) atoms. The van der Waals surface area contributed by atoms with Gasteiger partial charge in [-0.1, -0.05) is 51.1 Å². The molecular formula is C15H23NO2S. The smallest absolute Gasteiger partial charge is 0.230 e. The molecule has 0 radical (unpaired) electrons. The lowest BCUT2D eigenvalue weighted by atomic mass is 10.0. The molecule has 2 N–H and O–H groups in total. The first-order valence-corrected chi connectivity index (χ1v) is 7.50. The summed E-state index contributed by atoms with van der Waals surface area (Å²) >= 11 is 1.62. The van der Waals surface area contributed by atoms with Crippen molar-refractivity contribution in [1.29, 1.82) is 0 Å². The van der Waals surface area contributed by atoms with E-state index in [1.54, 1.807) is 11.8 Å². The molecule has 0 saturated heterocycles. The van der Waals surface area contributed by atoms with Crippen molar-refractivity contribution in [3.63, 3.8) is 0 Å². The van der Waals surface area contributed by atoms with Gasteiger partial charge in [0.15, 0.2) is 0 Å². The van der Waals surface area contributed by atoms with Gasteiger partial charge in [0.25, 0.3) is 0 Å². The van der Waals surface area contributed by atoms with Crippen LogP contribution in [-0.4, -0.2) is 28.1 Å². The van der Waals surface area contributed by atoms with Gasteiger partial charge in [-0.25, -0.2) is 0 Å². The molecule has 0 bridgehead atoms. The summed E-state index contributed by atoms with van der Waals surface area (Å²) in [6.45, 7) is 6.33.